The summed E-state index contributed by atoms with van der Waals surface area (Å²) in [6.07, 6.45) is 6.65. The molecule has 2 atom stereocenters. The van der Waals surface area contributed by atoms with Gasteiger partial charge in [0, 0.05) is 24.4 Å². The van der Waals surface area contributed by atoms with Gasteiger partial charge in [-0.2, -0.15) is 0 Å². The van der Waals surface area contributed by atoms with E-state index in [0.29, 0.717) is 24.3 Å². The van der Waals surface area contributed by atoms with Gasteiger partial charge in [0.05, 0.1) is 0 Å². The van der Waals surface area contributed by atoms with Crippen molar-refractivity contribution in [1.82, 2.24) is 4.90 Å². The second-order valence-corrected chi connectivity index (χ2v) is 8.66. The zero-order chi connectivity index (χ0) is 16.6. The van der Waals surface area contributed by atoms with Gasteiger partial charge < -0.3 is 4.90 Å². The van der Waals surface area contributed by atoms with E-state index in [1.807, 2.05) is 0 Å². The fraction of sp³-hybridized carbons (Fsp3) is 0.667. The van der Waals surface area contributed by atoms with E-state index < -0.39 is 0 Å². The van der Waals surface area contributed by atoms with Gasteiger partial charge in [-0.25, -0.2) is 0 Å². The molecule has 0 aromatic heterocycles. The molecule has 1 aromatic rings. The molecule has 2 saturated heterocycles. The molecule has 2 aliphatic rings. The molecule has 2 fully saturated rings. The Morgan fingerprint density at radius 3 is 2.17 bits per heavy atom. The van der Waals surface area contributed by atoms with Crippen molar-refractivity contribution in [3.63, 3.8) is 0 Å². The molecular weight excluding hydrogens is 282 g/mol. The number of Topliss-reactive ketones (excluding diaryl/α,β-unsaturated/α-hetero) is 1. The van der Waals surface area contributed by atoms with Gasteiger partial charge in [0.25, 0.3) is 0 Å². The van der Waals surface area contributed by atoms with Gasteiger partial charge in [0.2, 0.25) is 0 Å². The summed E-state index contributed by atoms with van der Waals surface area (Å²) in [7, 11) is 2.25. The summed E-state index contributed by atoms with van der Waals surface area (Å²) in [5.41, 5.74) is 2.68. The van der Waals surface area contributed by atoms with Crippen LogP contribution in [0.15, 0.2) is 24.3 Å². The van der Waals surface area contributed by atoms with Gasteiger partial charge in [-0.3, -0.25) is 4.79 Å². The van der Waals surface area contributed by atoms with Crippen LogP contribution in [0.2, 0.25) is 0 Å². The summed E-state index contributed by atoms with van der Waals surface area (Å²) in [6, 6.07) is 9.94. The van der Waals surface area contributed by atoms with Crippen LogP contribution in [0.5, 0.6) is 0 Å². The Morgan fingerprint density at radius 1 is 1.09 bits per heavy atom. The number of hydrogen-bond donors (Lipinski definition) is 0. The highest BCUT2D eigenvalue weighted by atomic mass is 16.1. The van der Waals surface area contributed by atoms with E-state index >= 15 is 0 Å². The van der Waals surface area contributed by atoms with E-state index in [4.69, 9.17) is 0 Å². The molecule has 126 valence electrons. The van der Waals surface area contributed by atoms with Gasteiger partial charge in [-0.1, -0.05) is 51.5 Å². The molecule has 3 rings (SSSR count). The predicted octanol–water partition coefficient (Wildman–Crippen LogP) is 4.36. The second kappa shape index (κ2) is 6.39. The molecule has 0 spiro atoms. The molecule has 0 N–H and O–H groups in total. The Bertz CT molecular complexity index is 540. The van der Waals surface area contributed by atoms with Crippen LogP contribution < -0.4 is 0 Å². The number of ketones is 1. The first kappa shape index (κ1) is 16.7. The molecule has 2 nitrogen and oxygen atoms in total. The van der Waals surface area contributed by atoms with Crippen molar-refractivity contribution < 1.29 is 4.79 Å². The normalized spacial score (nSPS) is 28.6. The first-order valence-electron chi connectivity index (χ1n) is 9.18. The lowest BCUT2D eigenvalue weighted by Gasteiger charge is -2.46. The standard InChI is InChI=1S/C21H31NO/c1-21(2,3)17-10-8-15(9-11-17)12-20(23)16-13-18-6-5-7-19(14-16)22(18)4/h8-11,16,18-19H,5-7,12-14H2,1-4H3. The fourth-order valence-electron chi connectivity index (χ4n) is 4.35. The Balaban J connectivity index is 1.63. The van der Waals surface area contributed by atoms with Gasteiger partial charge >= 0.3 is 0 Å². The van der Waals surface area contributed by atoms with E-state index in [-0.39, 0.29) is 11.3 Å². The van der Waals surface area contributed by atoms with E-state index in [1.54, 1.807) is 0 Å². The van der Waals surface area contributed by atoms with Crippen molar-refractivity contribution in [2.45, 2.75) is 76.8 Å². The maximum atomic E-state index is 12.8. The third-order valence-electron chi connectivity index (χ3n) is 5.99. The van der Waals surface area contributed by atoms with E-state index in [2.05, 4.69) is 57.0 Å². The molecule has 2 aliphatic heterocycles. The lowest BCUT2D eigenvalue weighted by molar-refractivity contribution is -0.125. The maximum absolute atomic E-state index is 12.8. The first-order chi connectivity index (χ1) is 10.8. The molecule has 0 radical (unpaired) electrons. The number of nitrogens with zero attached hydrogens (tertiary/aromatic N) is 1. The Kier molecular flexibility index (Phi) is 4.64. The quantitative estimate of drug-likeness (QED) is 0.826. The Morgan fingerprint density at radius 2 is 1.65 bits per heavy atom. The smallest absolute Gasteiger partial charge is 0.140 e. The molecule has 2 unspecified atom stereocenters. The fourth-order valence-corrected chi connectivity index (χ4v) is 4.35. The summed E-state index contributed by atoms with van der Waals surface area (Å²) in [6.45, 7) is 6.68. The second-order valence-electron chi connectivity index (χ2n) is 8.66. The number of rotatable bonds is 3. The van der Waals surface area contributed by atoms with E-state index in [9.17, 15) is 4.79 Å². The third kappa shape index (κ3) is 3.68. The molecule has 0 amide bonds. The topological polar surface area (TPSA) is 20.3 Å². The highest BCUT2D eigenvalue weighted by Gasteiger charge is 2.38. The third-order valence-corrected chi connectivity index (χ3v) is 5.99. The van der Waals surface area contributed by atoms with Crippen molar-refractivity contribution in [3.8, 4) is 0 Å². The minimum atomic E-state index is 0.175. The van der Waals surface area contributed by atoms with Gasteiger partial charge in [0.15, 0.2) is 0 Å². The van der Waals surface area contributed by atoms with Crippen LogP contribution in [0.1, 0.15) is 64.0 Å². The Hall–Kier alpha value is -1.15. The predicted molar refractivity (Wildman–Crippen MR) is 95.8 cm³/mol. The highest BCUT2D eigenvalue weighted by Crippen LogP contribution is 2.36. The van der Waals surface area contributed by atoms with Crippen LogP contribution in [0.25, 0.3) is 0 Å². The summed E-state index contributed by atoms with van der Waals surface area (Å²) < 4.78 is 0. The summed E-state index contributed by atoms with van der Waals surface area (Å²) in [4.78, 5) is 15.3. The number of fused-ring (bicyclic) bond motifs is 2. The SMILES string of the molecule is CN1C2CCCC1CC(C(=O)Cc1ccc(C(C)(C)C)cc1)C2. The number of carbonyl (C=O) groups is 1. The minimum Gasteiger partial charge on any atom is -0.300 e. The van der Waals surface area contributed by atoms with Gasteiger partial charge in [0.1, 0.15) is 5.78 Å². The zero-order valence-corrected chi connectivity index (χ0v) is 15.1. The van der Waals surface area contributed by atoms with Crippen molar-refractivity contribution in [1.29, 1.82) is 0 Å². The number of piperidine rings is 2. The molecule has 0 aliphatic carbocycles. The Labute approximate surface area is 141 Å². The van der Waals surface area contributed by atoms with E-state index in [1.165, 1.54) is 30.4 Å². The van der Waals surface area contributed by atoms with Crippen LogP contribution in [0.3, 0.4) is 0 Å². The summed E-state index contributed by atoms with van der Waals surface area (Å²) >= 11 is 0. The van der Waals surface area contributed by atoms with E-state index in [0.717, 1.165) is 12.8 Å². The van der Waals surface area contributed by atoms with Crippen LogP contribution in [-0.2, 0) is 16.6 Å². The molecule has 1 aromatic carbocycles. The van der Waals surface area contributed by atoms with Crippen LogP contribution in [-0.4, -0.2) is 29.8 Å². The minimum absolute atomic E-state index is 0.175. The van der Waals surface area contributed by atoms with Gasteiger partial charge in [-0.05, 0) is 49.3 Å². The number of benzene rings is 1. The molecule has 23 heavy (non-hydrogen) atoms. The molecule has 2 bridgehead atoms. The zero-order valence-electron chi connectivity index (χ0n) is 15.1. The lowest BCUT2D eigenvalue weighted by atomic mass is 9.76. The molecule has 2 heteroatoms. The highest BCUT2D eigenvalue weighted by molar-refractivity contribution is 5.83. The van der Waals surface area contributed by atoms with Gasteiger partial charge in [-0.15, -0.1) is 0 Å². The monoisotopic (exact) mass is 313 g/mol. The first-order valence-corrected chi connectivity index (χ1v) is 9.18. The molecular formula is C21H31NO. The van der Waals surface area contributed by atoms with Crippen LogP contribution in [0, 0.1) is 5.92 Å². The van der Waals surface area contributed by atoms with Crippen LogP contribution in [0.4, 0.5) is 0 Å². The number of hydrogen-bond acceptors (Lipinski definition) is 2. The average molecular weight is 313 g/mol. The maximum Gasteiger partial charge on any atom is 0.140 e. The van der Waals surface area contributed by atoms with Crippen molar-refractivity contribution in [2.24, 2.45) is 5.92 Å². The summed E-state index contributed by atoms with van der Waals surface area (Å²) in [5, 5.41) is 0. The summed E-state index contributed by atoms with van der Waals surface area (Å²) in [5.74, 6) is 0.738. The van der Waals surface area contributed by atoms with Crippen molar-refractivity contribution in [3.05, 3.63) is 35.4 Å². The number of carbonyl (C=O) groups excluding carboxylic acids is 1. The largest absolute Gasteiger partial charge is 0.300 e. The lowest BCUT2D eigenvalue weighted by Crippen LogP contribution is -2.51. The average Bonchev–Trinajstić information content (AvgIpc) is 2.46. The van der Waals surface area contributed by atoms with Crippen molar-refractivity contribution in [2.75, 3.05) is 7.05 Å². The van der Waals surface area contributed by atoms with Crippen LogP contribution >= 0.6 is 0 Å². The van der Waals surface area contributed by atoms with Crippen molar-refractivity contribution >= 4 is 5.78 Å². The molecule has 0 saturated carbocycles. The molecule has 2 heterocycles.